The molecule has 3 aromatic heterocycles. The standard InChI is InChI=1S/C21H15N5O2S2/c27-18(24-20-23-17(11-29-20)13-6-2-1-3-7-13)12-30-21-26-25-19(28-21)15-10-22-16-9-5-4-8-14(15)16/h1-11,22H,12H2,(H,23,24,27). The van der Waals surface area contributed by atoms with E-state index < -0.39 is 0 Å². The van der Waals surface area contributed by atoms with Crippen molar-refractivity contribution in [2.24, 2.45) is 0 Å². The van der Waals surface area contributed by atoms with Gasteiger partial charge in [0, 0.05) is 28.0 Å². The molecule has 0 unspecified atom stereocenters. The lowest BCUT2D eigenvalue weighted by molar-refractivity contribution is -0.113. The van der Waals surface area contributed by atoms with Crippen molar-refractivity contribution in [2.75, 3.05) is 11.1 Å². The number of rotatable bonds is 6. The molecule has 0 aliphatic heterocycles. The maximum absolute atomic E-state index is 12.3. The molecule has 0 saturated carbocycles. The van der Waals surface area contributed by atoms with Gasteiger partial charge in [0.05, 0.1) is 17.0 Å². The highest BCUT2D eigenvalue weighted by Gasteiger charge is 2.15. The number of carbonyl (C=O) groups is 1. The Morgan fingerprint density at radius 1 is 1.10 bits per heavy atom. The lowest BCUT2D eigenvalue weighted by Gasteiger charge is -1.99. The molecule has 2 aromatic carbocycles. The van der Waals surface area contributed by atoms with E-state index >= 15 is 0 Å². The van der Waals surface area contributed by atoms with Crippen molar-refractivity contribution in [1.29, 1.82) is 0 Å². The van der Waals surface area contributed by atoms with Crippen LogP contribution in [0.3, 0.4) is 0 Å². The van der Waals surface area contributed by atoms with Gasteiger partial charge < -0.3 is 14.7 Å². The molecule has 0 atom stereocenters. The van der Waals surface area contributed by atoms with E-state index in [2.05, 4.69) is 25.5 Å². The lowest BCUT2D eigenvalue weighted by Crippen LogP contribution is -2.13. The molecule has 5 rings (SSSR count). The molecule has 7 nitrogen and oxygen atoms in total. The number of para-hydroxylation sites is 1. The van der Waals surface area contributed by atoms with Gasteiger partial charge in [0.25, 0.3) is 11.1 Å². The van der Waals surface area contributed by atoms with Crippen molar-refractivity contribution in [3.05, 3.63) is 66.2 Å². The van der Waals surface area contributed by atoms with Crippen molar-refractivity contribution in [1.82, 2.24) is 20.2 Å². The molecule has 9 heteroatoms. The zero-order valence-electron chi connectivity index (χ0n) is 15.5. The molecule has 148 valence electrons. The normalized spacial score (nSPS) is 11.1. The fourth-order valence-corrected chi connectivity index (χ4v) is 4.28. The minimum absolute atomic E-state index is 0.149. The van der Waals surface area contributed by atoms with Crippen LogP contribution in [0.25, 0.3) is 33.6 Å². The summed E-state index contributed by atoms with van der Waals surface area (Å²) >= 11 is 2.58. The molecule has 0 aliphatic carbocycles. The van der Waals surface area contributed by atoms with Crippen molar-refractivity contribution < 1.29 is 9.21 Å². The van der Waals surface area contributed by atoms with Gasteiger partial charge in [0.15, 0.2) is 5.13 Å². The number of H-pyrrole nitrogens is 1. The molecule has 2 N–H and O–H groups in total. The summed E-state index contributed by atoms with van der Waals surface area (Å²) in [6, 6.07) is 17.7. The zero-order valence-corrected chi connectivity index (χ0v) is 17.2. The molecule has 5 aromatic rings. The van der Waals surface area contributed by atoms with Crippen LogP contribution in [0.2, 0.25) is 0 Å². The van der Waals surface area contributed by atoms with Gasteiger partial charge in [-0.1, -0.05) is 60.3 Å². The Morgan fingerprint density at radius 3 is 2.83 bits per heavy atom. The van der Waals surface area contributed by atoms with E-state index in [0.29, 0.717) is 16.2 Å². The SMILES string of the molecule is O=C(CSc1nnc(-c2c[nH]c3ccccc23)o1)Nc1nc(-c2ccccc2)cs1. The number of nitrogens with one attached hydrogen (secondary N) is 2. The fourth-order valence-electron chi connectivity index (χ4n) is 2.98. The number of thioether (sulfide) groups is 1. The summed E-state index contributed by atoms with van der Waals surface area (Å²) in [4.78, 5) is 19.9. The molecule has 0 radical (unpaired) electrons. The van der Waals surface area contributed by atoms with E-state index in [0.717, 1.165) is 27.7 Å². The first-order valence-corrected chi connectivity index (χ1v) is 11.0. The molecule has 0 fully saturated rings. The Balaban J connectivity index is 1.21. The van der Waals surface area contributed by atoms with Crippen LogP contribution < -0.4 is 5.32 Å². The number of aromatic nitrogens is 4. The van der Waals surface area contributed by atoms with Gasteiger partial charge in [-0.3, -0.25) is 4.79 Å². The number of carbonyl (C=O) groups excluding carboxylic acids is 1. The summed E-state index contributed by atoms with van der Waals surface area (Å²) < 4.78 is 5.73. The van der Waals surface area contributed by atoms with Gasteiger partial charge >= 0.3 is 0 Å². The highest BCUT2D eigenvalue weighted by Crippen LogP contribution is 2.30. The molecule has 0 bridgehead atoms. The van der Waals surface area contributed by atoms with Gasteiger partial charge in [-0.05, 0) is 6.07 Å². The van der Waals surface area contributed by atoms with Crippen molar-refractivity contribution >= 4 is 45.0 Å². The highest BCUT2D eigenvalue weighted by atomic mass is 32.2. The molecule has 0 aliphatic rings. The Labute approximate surface area is 179 Å². The van der Waals surface area contributed by atoms with Crippen LogP contribution in [-0.2, 0) is 4.79 Å². The lowest BCUT2D eigenvalue weighted by atomic mass is 10.2. The van der Waals surface area contributed by atoms with Gasteiger partial charge in [0.2, 0.25) is 5.91 Å². The quantitative estimate of drug-likeness (QED) is 0.363. The van der Waals surface area contributed by atoms with Crippen molar-refractivity contribution in [2.45, 2.75) is 5.22 Å². The number of hydrogen-bond acceptors (Lipinski definition) is 7. The molecule has 0 saturated heterocycles. The summed E-state index contributed by atoms with van der Waals surface area (Å²) in [6.45, 7) is 0. The van der Waals surface area contributed by atoms with Gasteiger partial charge in [-0.2, -0.15) is 0 Å². The summed E-state index contributed by atoms with van der Waals surface area (Å²) in [5, 5.41) is 14.8. The molecular weight excluding hydrogens is 418 g/mol. The Morgan fingerprint density at radius 2 is 1.93 bits per heavy atom. The van der Waals surface area contributed by atoms with E-state index in [9.17, 15) is 4.79 Å². The van der Waals surface area contributed by atoms with Crippen LogP contribution in [0.15, 0.2) is 75.8 Å². The number of aromatic amines is 1. The summed E-state index contributed by atoms with van der Waals surface area (Å²) in [6.07, 6.45) is 1.84. The summed E-state index contributed by atoms with van der Waals surface area (Å²) in [5.41, 5.74) is 3.69. The van der Waals surface area contributed by atoms with Gasteiger partial charge in [-0.15, -0.1) is 21.5 Å². The predicted molar refractivity (Wildman–Crippen MR) is 118 cm³/mol. The average molecular weight is 434 g/mol. The molecule has 30 heavy (non-hydrogen) atoms. The zero-order chi connectivity index (χ0) is 20.3. The third-order valence-electron chi connectivity index (χ3n) is 4.37. The first-order valence-electron chi connectivity index (χ1n) is 9.10. The topological polar surface area (TPSA) is 96.7 Å². The minimum Gasteiger partial charge on any atom is -0.411 e. The average Bonchev–Trinajstić information content (AvgIpc) is 3.52. The maximum Gasteiger partial charge on any atom is 0.277 e. The van der Waals surface area contributed by atoms with Crippen molar-refractivity contribution in [3.63, 3.8) is 0 Å². The largest absolute Gasteiger partial charge is 0.411 e. The molecule has 3 heterocycles. The number of thiazole rings is 1. The van der Waals surface area contributed by atoms with E-state index in [1.54, 1.807) is 0 Å². The van der Waals surface area contributed by atoms with E-state index in [4.69, 9.17) is 4.42 Å². The predicted octanol–water partition coefficient (Wildman–Crippen LogP) is 5.07. The number of nitrogens with zero attached hydrogens (tertiary/aromatic N) is 3. The van der Waals surface area contributed by atoms with Crippen LogP contribution in [0, 0.1) is 0 Å². The van der Waals surface area contributed by atoms with Crippen LogP contribution in [0.1, 0.15) is 0 Å². The van der Waals surface area contributed by atoms with E-state index in [-0.39, 0.29) is 11.7 Å². The van der Waals surface area contributed by atoms with Gasteiger partial charge in [-0.25, -0.2) is 4.98 Å². The first-order chi connectivity index (χ1) is 14.8. The Bertz CT molecular complexity index is 1310. The number of benzene rings is 2. The third kappa shape index (κ3) is 3.85. The number of hydrogen-bond donors (Lipinski definition) is 2. The van der Waals surface area contributed by atoms with Crippen LogP contribution in [0.4, 0.5) is 5.13 Å². The second-order valence-electron chi connectivity index (χ2n) is 6.36. The smallest absolute Gasteiger partial charge is 0.277 e. The second-order valence-corrected chi connectivity index (χ2v) is 8.15. The van der Waals surface area contributed by atoms with Crippen LogP contribution in [0.5, 0.6) is 0 Å². The van der Waals surface area contributed by atoms with E-state index in [1.165, 1.54) is 23.1 Å². The Kier molecular flexibility index (Phi) is 5.04. The number of fused-ring (bicyclic) bond motifs is 1. The number of amides is 1. The fraction of sp³-hybridized carbons (Fsp3) is 0.0476. The van der Waals surface area contributed by atoms with E-state index in [1.807, 2.05) is 66.2 Å². The minimum atomic E-state index is -0.180. The highest BCUT2D eigenvalue weighted by molar-refractivity contribution is 7.99. The molecular formula is C21H15N5O2S2. The summed E-state index contributed by atoms with van der Waals surface area (Å²) in [7, 11) is 0. The Hall–Kier alpha value is -3.43. The second kappa shape index (κ2) is 8.13. The third-order valence-corrected chi connectivity index (χ3v) is 5.95. The first kappa shape index (κ1) is 18.6. The van der Waals surface area contributed by atoms with Crippen LogP contribution in [-0.4, -0.2) is 31.8 Å². The van der Waals surface area contributed by atoms with Gasteiger partial charge in [0.1, 0.15) is 0 Å². The molecule has 1 amide bonds. The monoisotopic (exact) mass is 433 g/mol. The maximum atomic E-state index is 12.3. The van der Waals surface area contributed by atoms with Crippen molar-refractivity contribution in [3.8, 4) is 22.7 Å². The number of anilines is 1. The van der Waals surface area contributed by atoms with Crippen LogP contribution >= 0.6 is 23.1 Å². The summed E-state index contributed by atoms with van der Waals surface area (Å²) in [5.74, 6) is 0.388. The molecule has 0 spiro atoms.